The summed E-state index contributed by atoms with van der Waals surface area (Å²) in [5.41, 5.74) is 7.79. The zero-order valence-electron chi connectivity index (χ0n) is 10.3. The van der Waals surface area contributed by atoms with Gasteiger partial charge in [0.1, 0.15) is 6.04 Å². The number of hydrogen-bond acceptors (Lipinski definition) is 2. The van der Waals surface area contributed by atoms with Crippen LogP contribution in [-0.4, -0.2) is 12.5 Å². The number of nitrogens with one attached hydrogen (secondary N) is 1. The number of hydrogen-bond donors (Lipinski definition) is 2. The zero-order chi connectivity index (χ0) is 12.3. The molecule has 3 N–H and O–H groups in total. The number of nitrogens with two attached hydrogens (primary N) is 1. The lowest BCUT2D eigenvalue weighted by atomic mass is 10.0. The van der Waals surface area contributed by atoms with Crippen molar-refractivity contribution in [3.05, 3.63) is 35.4 Å². The second kappa shape index (κ2) is 5.32. The van der Waals surface area contributed by atoms with E-state index in [4.69, 9.17) is 5.73 Å². The SMILES string of the molecule is CCCNC(C(N)=O)c1cccc(C2CC2)c1. The van der Waals surface area contributed by atoms with Crippen molar-refractivity contribution in [2.45, 2.75) is 38.1 Å². The molecule has 0 aliphatic heterocycles. The normalized spacial score (nSPS) is 16.8. The predicted octanol–water partition coefficient (Wildman–Crippen LogP) is 2.09. The van der Waals surface area contributed by atoms with Crippen molar-refractivity contribution in [3.63, 3.8) is 0 Å². The highest BCUT2D eigenvalue weighted by Gasteiger charge is 2.25. The first kappa shape index (κ1) is 12.1. The van der Waals surface area contributed by atoms with Crippen molar-refractivity contribution in [1.82, 2.24) is 5.32 Å². The van der Waals surface area contributed by atoms with Crippen LogP contribution in [0.15, 0.2) is 24.3 Å². The Labute approximate surface area is 102 Å². The van der Waals surface area contributed by atoms with Gasteiger partial charge < -0.3 is 11.1 Å². The average molecular weight is 232 g/mol. The Morgan fingerprint density at radius 3 is 2.88 bits per heavy atom. The smallest absolute Gasteiger partial charge is 0.239 e. The number of benzene rings is 1. The van der Waals surface area contributed by atoms with Crippen molar-refractivity contribution in [2.75, 3.05) is 6.54 Å². The highest BCUT2D eigenvalue weighted by Crippen LogP contribution is 2.40. The van der Waals surface area contributed by atoms with E-state index in [0.717, 1.165) is 18.5 Å². The van der Waals surface area contributed by atoms with Crippen LogP contribution in [0, 0.1) is 0 Å². The third-order valence-corrected chi connectivity index (χ3v) is 3.18. The summed E-state index contributed by atoms with van der Waals surface area (Å²) in [6.45, 7) is 2.88. The molecule has 0 saturated heterocycles. The fourth-order valence-corrected chi connectivity index (χ4v) is 2.08. The molecule has 2 rings (SSSR count). The van der Waals surface area contributed by atoms with Crippen LogP contribution in [-0.2, 0) is 4.79 Å². The molecule has 0 aromatic heterocycles. The fraction of sp³-hybridized carbons (Fsp3) is 0.500. The van der Waals surface area contributed by atoms with E-state index in [0.29, 0.717) is 5.92 Å². The van der Waals surface area contributed by atoms with Crippen LogP contribution in [0.2, 0.25) is 0 Å². The highest BCUT2D eigenvalue weighted by atomic mass is 16.1. The third-order valence-electron chi connectivity index (χ3n) is 3.18. The first-order valence-electron chi connectivity index (χ1n) is 6.35. The molecule has 3 nitrogen and oxygen atoms in total. The number of carbonyl (C=O) groups is 1. The molecular formula is C14H20N2O. The van der Waals surface area contributed by atoms with E-state index in [-0.39, 0.29) is 11.9 Å². The van der Waals surface area contributed by atoms with Crippen LogP contribution in [0.3, 0.4) is 0 Å². The van der Waals surface area contributed by atoms with Gasteiger partial charge >= 0.3 is 0 Å². The number of amides is 1. The van der Waals surface area contributed by atoms with E-state index < -0.39 is 0 Å². The van der Waals surface area contributed by atoms with Gasteiger partial charge in [0.25, 0.3) is 0 Å². The minimum absolute atomic E-state index is 0.300. The van der Waals surface area contributed by atoms with Crippen molar-refractivity contribution in [1.29, 1.82) is 0 Å². The molecular weight excluding hydrogens is 212 g/mol. The lowest BCUT2D eigenvalue weighted by molar-refractivity contribution is -0.120. The molecule has 1 saturated carbocycles. The highest BCUT2D eigenvalue weighted by molar-refractivity contribution is 5.81. The molecule has 1 unspecified atom stereocenters. The third kappa shape index (κ3) is 3.07. The predicted molar refractivity (Wildman–Crippen MR) is 68.6 cm³/mol. The Bertz CT molecular complexity index is 399. The van der Waals surface area contributed by atoms with Crippen molar-refractivity contribution < 1.29 is 4.79 Å². The molecule has 0 bridgehead atoms. The van der Waals surface area contributed by atoms with Crippen molar-refractivity contribution in [3.8, 4) is 0 Å². The standard InChI is InChI=1S/C14H20N2O/c1-2-8-16-13(14(15)17)12-5-3-4-11(9-12)10-6-7-10/h3-5,9-10,13,16H,2,6-8H2,1H3,(H2,15,17). The topological polar surface area (TPSA) is 55.1 Å². The molecule has 1 fully saturated rings. The maximum absolute atomic E-state index is 11.5. The van der Waals surface area contributed by atoms with Crippen LogP contribution in [0.5, 0.6) is 0 Å². The molecule has 3 heteroatoms. The van der Waals surface area contributed by atoms with Crippen LogP contribution >= 0.6 is 0 Å². The molecule has 0 radical (unpaired) electrons. The second-order valence-corrected chi connectivity index (χ2v) is 4.73. The van der Waals surface area contributed by atoms with Gasteiger partial charge in [0.2, 0.25) is 5.91 Å². The molecule has 92 valence electrons. The minimum Gasteiger partial charge on any atom is -0.368 e. The number of primary amides is 1. The molecule has 17 heavy (non-hydrogen) atoms. The fourth-order valence-electron chi connectivity index (χ4n) is 2.08. The average Bonchev–Trinajstić information content (AvgIpc) is 3.13. The lowest BCUT2D eigenvalue weighted by Crippen LogP contribution is -2.34. The van der Waals surface area contributed by atoms with Gasteiger partial charge in [-0.2, -0.15) is 0 Å². The van der Waals surface area contributed by atoms with Crippen LogP contribution in [0.25, 0.3) is 0 Å². The molecule has 1 aromatic carbocycles. The van der Waals surface area contributed by atoms with Gasteiger partial charge in [-0.05, 0) is 42.9 Å². The first-order chi connectivity index (χ1) is 8.22. The lowest BCUT2D eigenvalue weighted by Gasteiger charge is -2.16. The molecule has 1 atom stereocenters. The van der Waals surface area contributed by atoms with Gasteiger partial charge in [0.15, 0.2) is 0 Å². The minimum atomic E-state index is -0.353. The van der Waals surface area contributed by atoms with Gasteiger partial charge in [0, 0.05) is 0 Å². The number of carbonyl (C=O) groups excluding carboxylic acids is 1. The second-order valence-electron chi connectivity index (χ2n) is 4.73. The van der Waals surface area contributed by atoms with E-state index >= 15 is 0 Å². The van der Waals surface area contributed by atoms with Gasteiger partial charge in [0.05, 0.1) is 0 Å². The summed E-state index contributed by atoms with van der Waals surface area (Å²) in [6.07, 6.45) is 3.53. The van der Waals surface area contributed by atoms with E-state index in [1.807, 2.05) is 12.1 Å². The maximum atomic E-state index is 11.5. The van der Waals surface area contributed by atoms with Gasteiger partial charge in [-0.25, -0.2) is 0 Å². The van der Waals surface area contributed by atoms with Crippen LogP contribution < -0.4 is 11.1 Å². The quantitative estimate of drug-likeness (QED) is 0.789. The Balaban J connectivity index is 2.16. The Hall–Kier alpha value is -1.35. The molecule has 0 heterocycles. The molecule has 0 spiro atoms. The summed E-state index contributed by atoms with van der Waals surface area (Å²) in [6, 6.07) is 7.90. The Morgan fingerprint density at radius 2 is 2.29 bits per heavy atom. The zero-order valence-corrected chi connectivity index (χ0v) is 10.3. The van der Waals surface area contributed by atoms with Crippen molar-refractivity contribution in [2.24, 2.45) is 5.73 Å². The Kier molecular flexibility index (Phi) is 3.79. The van der Waals surface area contributed by atoms with E-state index in [2.05, 4.69) is 24.4 Å². The maximum Gasteiger partial charge on any atom is 0.239 e. The van der Waals surface area contributed by atoms with E-state index in [1.165, 1.54) is 18.4 Å². The summed E-state index contributed by atoms with van der Waals surface area (Å²) >= 11 is 0. The molecule has 1 amide bonds. The summed E-state index contributed by atoms with van der Waals surface area (Å²) in [7, 11) is 0. The van der Waals surface area contributed by atoms with Crippen LogP contribution in [0.4, 0.5) is 0 Å². The number of rotatable bonds is 6. The molecule has 1 aliphatic carbocycles. The van der Waals surface area contributed by atoms with E-state index in [9.17, 15) is 4.79 Å². The summed E-state index contributed by atoms with van der Waals surface area (Å²) < 4.78 is 0. The monoisotopic (exact) mass is 232 g/mol. The summed E-state index contributed by atoms with van der Waals surface area (Å²) in [5, 5.41) is 3.20. The molecule has 1 aromatic rings. The van der Waals surface area contributed by atoms with Crippen molar-refractivity contribution >= 4 is 5.91 Å². The van der Waals surface area contributed by atoms with Gasteiger partial charge in [-0.1, -0.05) is 31.2 Å². The summed E-state index contributed by atoms with van der Waals surface area (Å²) in [4.78, 5) is 11.5. The van der Waals surface area contributed by atoms with E-state index in [1.54, 1.807) is 0 Å². The first-order valence-corrected chi connectivity index (χ1v) is 6.35. The summed E-state index contributed by atoms with van der Waals surface area (Å²) in [5.74, 6) is 0.404. The van der Waals surface area contributed by atoms with Crippen LogP contribution in [0.1, 0.15) is 49.3 Å². The Morgan fingerprint density at radius 1 is 1.53 bits per heavy atom. The largest absolute Gasteiger partial charge is 0.368 e. The molecule has 1 aliphatic rings. The van der Waals surface area contributed by atoms with Gasteiger partial charge in [-0.15, -0.1) is 0 Å². The van der Waals surface area contributed by atoms with Gasteiger partial charge in [-0.3, -0.25) is 4.79 Å².